The first kappa shape index (κ1) is 82.4. The van der Waals surface area contributed by atoms with Crippen LogP contribution in [0.1, 0.15) is 130 Å². The number of aliphatic hydroxyl groups excluding tert-OH is 7. The maximum Gasteiger partial charge on any atom is 0.333 e. The third-order valence-electron chi connectivity index (χ3n) is 17.5. The highest BCUT2D eigenvalue weighted by Gasteiger charge is 2.55. The third kappa shape index (κ3) is 26.7. The molecule has 4 aliphatic rings. The number of aliphatic hydroxyl groups is 7. The summed E-state index contributed by atoms with van der Waals surface area (Å²) >= 11 is 0. The standard InChI is InChI=1S/C71H109N5O22/c1-7-9-11-13-14-15-16-17-18-19-20-21-22-23-24-25-26-27-28-30-56(81)72-36-37-93-48-33-31-46(32-34-48)38-50(68(88)73-35-29-12-10-8-2)76-67(87)49-40-52(61(84)66(91-5)60(49)83)95-64-57(74-44(3)79)51(39-47(42-77)59(64)82)94-53-41-54(69(89)90)96-71(63(53)86)98-65-58(75-45(4)80)70(92-6)97-55(43-78)62(65)85/h9,11,14-15,17-18,20-21,23-24,26-27,31-34,47,49-55,57-66,70-71,77-78,82-86H,7-8,10,12-13,16,19,22,25,28-30,35-43H2,1-6H3,(H,72,81)(H,73,88)(H,74,79)(H,75,80)(H,76,87)(H,89,90)/b11-9-,15-14-,18-17-,21-20-,24-23-,27-26-/t47?,49?,50-,51+,52+,53-,54?,55?,57?,58?,59+,60+,61?,62+,63?,64+,65+,66-,70+,71-/m0/s1. The number of carbonyl (C=O) groups is 6. The van der Waals surface area contributed by atoms with E-state index in [0.29, 0.717) is 37.1 Å². The molecule has 0 bridgehead atoms. The molecule has 2 saturated heterocycles. The number of amides is 5. The van der Waals surface area contributed by atoms with Gasteiger partial charge in [-0.3, -0.25) is 24.0 Å². The van der Waals surface area contributed by atoms with Crippen molar-refractivity contribution in [1.82, 2.24) is 26.6 Å². The summed E-state index contributed by atoms with van der Waals surface area (Å²) in [6.45, 7) is 5.82. The molecule has 1 aromatic carbocycles. The summed E-state index contributed by atoms with van der Waals surface area (Å²) in [6.07, 6.45) is 10.3. The third-order valence-corrected chi connectivity index (χ3v) is 17.5. The molecule has 13 N–H and O–H groups in total. The molecule has 20 atom stereocenters. The minimum atomic E-state index is -1.92. The Bertz CT molecular complexity index is 2750. The number of methoxy groups -OCH3 is 2. The maximum absolute atomic E-state index is 14.6. The lowest BCUT2D eigenvalue weighted by Crippen LogP contribution is -2.68. The topological polar surface area (TPSA) is 398 Å². The largest absolute Gasteiger partial charge is 0.492 e. The molecule has 4 fully saturated rings. The number of nitrogens with one attached hydrogen (secondary N) is 5. The second-order valence-corrected chi connectivity index (χ2v) is 25.0. The van der Waals surface area contributed by atoms with Gasteiger partial charge < -0.3 is 105 Å². The molecule has 27 nitrogen and oxygen atoms in total. The zero-order valence-corrected chi connectivity index (χ0v) is 57.4. The molecule has 5 amide bonds. The molecule has 2 aliphatic heterocycles. The van der Waals surface area contributed by atoms with Crippen LogP contribution < -0.4 is 31.3 Å². The van der Waals surface area contributed by atoms with E-state index in [9.17, 15) is 69.6 Å². The van der Waals surface area contributed by atoms with E-state index in [-0.39, 0.29) is 31.9 Å². The van der Waals surface area contributed by atoms with Gasteiger partial charge in [-0.05, 0) is 81.9 Å². The van der Waals surface area contributed by atoms with Crippen molar-refractivity contribution in [3.63, 3.8) is 0 Å². The van der Waals surface area contributed by atoms with Gasteiger partial charge in [0.2, 0.25) is 29.5 Å². The van der Waals surface area contributed by atoms with E-state index in [1.54, 1.807) is 24.3 Å². The summed E-state index contributed by atoms with van der Waals surface area (Å²) < 4.78 is 47.2. The van der Waals surface area contributed by atoms with E-state index >= 15 is 0 Å². The highest BCUT2D eigenvalue weighted by atomic mass is 16.7. The maximum atomic E-state index is 14.6. The van der Waals surface area contributed by atoms with Crippen LogP contribution in [0.25, 0.3) is 0 Å². The molecule has 0 aromatic heterocycles. The Morgan fingerprint density at radius 3 is 1.77 bits per heavy atom. The number of hydrogen-bond donors (Lipinski definition) is 13. The van der Waals surface area contributed by atoms with Crippen molar-refractivity contribution in [2.75, 3.05) is 47.1 Å². The smallest absolute Gasteiger partial charge is 0.333 e. The highest BCUT2D eigenvalue weighted by Crippen LogP contribution is 2.38. The molecule has 27 heteroatoms. The Kier molecular flexibility index (Phi) is 37.6. The van der Waals surface area contributed by atoms with E-state index in [0.717, 1.165) is 71.6 Å². The number of carboxylic acids is 1. The van der Waals surface area contributed by atoms with Crippen LogP contribution in [-0.2, 0) is 68.3 Å². The number of hydrogen-bond acceptors (Lipinski definition) is 21. The SMILES string of the molecule is CC/C=C\C/C=C\C/C=C\C/C=C\C/C=C\C/C=C\CCC(=O)NCCOc1ccc(C[C@H](NC(=O)C2C[C@@H](O[C@@H]3C(NC(C)=O)[C@H](O[C@H]4CC(C(=O)O)O[C@@H](O[C@@H]5C(NC(C)=O)[C@H](OC)OC(CO)[C@H]5O)C4O)CC(CO)[C@H]3O)C(O)[C@@H](OC)[C@@H]2O)C(=O)NCCCCCC)cc1. The summed E-state index contributed by atoms with van der Waals surface area (Å²) in [4.78, 5) is 79.3. The van der Waals surface area contributed by atoms with Gasteiger partial charge in [-0.15, -0.1) is 0 Å². The van der Waals surface area contributed by atoms with Crippen LogP contribution in [0.2, 0.25) is 0 Å². The molecule has 550 valence electrons. The summed E-state index contributed by atoms with van der Waals surface area (Å²) in [5.74, 6) is -6.29. The van der Waals surface area contributed by atoms with Crippen molar-refractivity contribution in [1.29, 1.82) is 0 Å². The number of carbonyl (C=O) groups excluding carboxylic acids is 5. The van der Waals surface area contributed by atoms with Crippen LogP contribution >= 0.6 is 0 Å². The first-order valence-electron chi connectivity index (χ1n) is 34.4. The van der Waals surface area contributed by atoms with Gasteiger partial charge in [-0.25, -0.2) is 4.79 Å². The van der Waals surface area contributed by atoms with Gasteiger partial charge in [0.15, 0.2) is 18.7 Å². The summed E-state index contributed by atoms with van der Waals surface area (Å²) in [6, 6.07) is 2.97. The minimum Gasteiger partial charge on any atom is -0.492 e. The quantitative estimate of drug-likeness (QED) is 0.0331. The number of carboxylic acid groups (broad SMARTS) is 1. The van der Waals surface area contributed by atoms with Crippen LogP contribution in [0.3, 0.4) is 0 Å². The van der Waals surface area contributed by atoms with E-state index in [2.05, 4.69) is 101 Å². The molecule has 2 aliphatic carbocycles. The van der Waals surface area contributed by atoms with E-state index in [4.69, 9.17) is 37.9 Å². The van der Waals surface area contributed by atoms with Gasteiger partial charge in [-0.1, -0.05) is 118 Å². The normalized spacial score (nSPS) is 30.3. The Morgan fingerprint density at radius 2 is 1.19 bits per heavy atom. The summed E-state index contributed by atoms with van der Waals surface area (Å²) in [5.41, 5.74) is 0.632. The zero-order chi connectivity index (χ0) is 71.5. The van der Waals surface area contributed by atoms with Gasteiger partial charge in [0, 0.05) is 66.4 Å². The van der Waals surface area contributed by atoms with Crippen molar-refractivity contribution < 1.29 is 108 Å². The second kappa shape index (κ2) is 44.8. The molecular weight excluding hydrogens is 1270 g/mol. The molecule has 8 unspecified atom stereocenters. The van der Waals surface area contributed by atoms with Gasteiger partial charge >= 0.3 is 5.97 Å². The Hall–Kier alpha value is -6.28. The zero-order valence-electron chi connectivity index (χ0n) is 57.4. The van der Waals surface area contributed by atoms with Gasteiger partial charge in [0.25, 0.3) is 0 Å². The fraction of sp³-hybridized carbons (Fsp3) is 0.662. The fourth-order valence-electron chi connectivity index (χ4n) is 12.3. The molecule has 1 aromatic rings. The van der Waals surface area contributed by atoms with E-state index in [1.165, 1.54) is 14.2 Å². The fourth-order valence-corrected chi connectivity index (χ4v) is 12.3. The van der Waals surface area contributed by atoms with Crippen molar-refractivity contribution in [2.24, 2.45) is 11.8 Å². The lowest BCUT2D eigenvalue weighted by atomic mass is 9.77. The van der Waals surface area contributed by atoms with E-state index < -0.39 is 178 Å². The Labute approximate surface area is 575 Å². The Balaban J connectivity index is 1.22. The number of benzene rings is 1. The molecule has 0 radical (unpaired) electrons. The first-order chi connectivity index (χ1) is 47.2. The van der Waals surface area contributed by atoms with Gasteiger partial charge in [0.1, 0.15) is 67.2 Å². The van der Waals surface area contributed by atoms with Gasteiger partial charge in [0.05, 0.1) is 55.6 Å². The second-order valence-electron chi connectivity index (χ2n) is 25.0. The van der Waals surface area contributed by atoms with Crippen LogP contribution in [0, 0.1) is 11.8 Å². The monoisotopic (exact) mass is 1380 g/mol. The van der Waals surface area contributed by atoms with E-state index in [1.807, 2.05) is 12.2 Å². The lowest BCUT2D eigenvalue weighted by Gasteiger charge is -2.50. The molecule has 2 saturated carbocycles. The van der Waals surface area contributed by atoms with Crippen LogP contribution in [0.15, 0.2) is 97.2 Å². The average molecular weight is 1380 g/mol. The Morgan fingerprint density at radius 1 is 0.592 bits per heavy atom. The summed E-state index contributed by atoms with van der Waals surface area (Å²) in [7, 11) is 2.42. The van der Waals surface area contributed by atoms with Crippen LogP contribution in [0.4, 0.5) is 0 Å². The van der Waals surface area contributed by atoms with Crippen molar-refractivity contribution in [2.45, 2.75) is 240 Å². The van der Waals surface area contributed by atoms with Crippen LogP contribution in [-0.4, -0.2) is 234 Å². The van der Waals surface area contributed by atoms with Crippen molar-refractivity contribution >= 4 is 35.5 Å². The summed E-state index contributed by atoms with van der Waals surface area (Å²) in [5, 5.41) is 104. The average Bonchev–Trinajstić information content (AvgIpc) is 0.779. The van der Waals surface area contributed by atoms with Crippen molar-refractivity contribution in [3.05, 3.63) is 103 Å². The number of unbranched alkanes of at least 4 members (excludes halogenated alkanes) is 3. The number of ether oxygens (including phenoxy) is 8. The molecular formula is C71H109N5O22. The minimum absolute atomic E-state index is 0.00917. The number of allylic oxidation sites excluding steroid dienone is 12. The van der Waals surface area contributed by atoms with Gasteiger partial charge in [-0.2, -0.15) is 0 Å². The van der Waals surface area contributed by atoms with Crippen molar-refractivity contribution in [3.8, 4) is 5.75 Å². The molecule has 2 heterocycles. The predicted molar refractivity (Wildman–Crippen MR) is 360 cm³/mol. The molecule has 98 heavy (non-hydrogen) atoms. The van der Waals surface area contributed by atoms with Crippen LogP contribution in [0.5, 0.6) is 5.75 Å². The highest BCUT2D eigenvalue weighted by molar-refractivity contribution is 5.89. The molecule has 5 rings (SSSR count). The number of aliphatic carboxylic acids is 1. The lowest BCUT2D eigenvalue weighted by molar-refractivity contribution is -0.332. The predicted octanol–water partition coefficient (Wildman–Crippen LogP) is 2.70. The molecule has 0 spiro atoms. The number of rotatable bonds is 41. The first-order valence-corrected chi connectivity index (χ1v) is 34.4.